The molecule has 1 aromatic rings. The predicted molar refractivity (Wildman–Crippen MR) is 88.8 cm³/mol. The van der Waals surface area contributed by atoms with Crippen molar-refractivity contribution in [3.05, 3.63) is 28.5 Å². The molecule has 4 bridgehead atoms. The summed E-state index contributed by atoms with van der Waals surface area (Å²) < 4.78 is 1.04. The molecule has 4 saturated carbocycles. The van der Waals surface area contributed by atoms with Crippen LogP contribution in [0.3, 0.4) is 0 Å². The normalized spacial score (nSPS) is 42.2. The molecule has 3 atom stereocenters. The van der Waals surface area contributed by atoms with E-state index in [4.69, 9.17) is 5.73 Å². The Morgan fingerprint density at radius 2 is 2.00 bits per heavy atom. The maximum absolute atomic E-state index is 6.75. The van der Waals surface area contributed by atoms with Gasteiger partial charge in [0.1, 0.15) is 0 Å². The standard InChI is InChI=1S/C18H25BrN2/c1-17-6-12-4-13(7-17)9-18(8-12,11-17)16(20)5-15-3-2-14(19)10-21-15/h2-3,10,12-13,16H,4-9,11,20H2,1H3. The van der Waals surface area contributed by atoms with Crippen molar-refractivity contribution in [3.8, 4) is 0 Å². The highest BCUT2D eigenvalue weighted by atomic mass is 79.9. The number of hydrogen-bond acceptors (Lipinski definition) is 2. The number of nitrogens with two attached hydrogens (primary N) is 1. The van der Waals surface area contributed by atoms with Crippen LogP contribution in [-0.4, -0.2) is 11.0 Å². The molecule has 3 heteroatoms. The van der Waals surface area contributed by atoms with Crippen molar-refractivity contribution in [1.82, 2.24) is 4.98 Å². The topological polar surface area (TPSA) is 38.9 Å². The number of hydrogen-bond donors (Lipinski definition) is 1. The molecule has 0 aromatic carbocycles. The van der Waals surface area contributed by atoms with Gasteiger partial charge in [-0.25, -0.2) is 0 Å². The van der Waals surface area contributed by atoms with E-state index in [1.165, 1.54) is 38.5 Å². The number of pyridine rings is 1. The average molecular weight is 349 g/mol. The highest BCUT2D eigenvalue weighted by Gasteiger charge is 2.57. The average Bonchev–Trinajstić information content (AvgIpc) is 2.38. The van der Waals surface area contributed by atoms with E-state index in [-0.39, 0.29) is 6.04 Å². The first kappa shape index (κ1) is 14.2. The largest absolute Gasteiger partial charge is 0.327 e. The minimum absolute atomic E-state index is 0.274. The summed E-state index contributed by atoms with van der Waals surface area (Å²) in [6.45, 7) is 2.52. The van der Waals surface area contributed by atoms with E-state index in [2.05, 4.69) is 40.0 Å². The van der Waals surface area contributed by atoms with Gasteiger partial charge in [0.2, 0.25) is 0 Å². The quantitative estimate of drug-likeness (QED) is 0.883. The second-order valence-electron chi connectivity index (χ2n) is 8.41. The molecule has 4 fully saturated rings. The summed E-state index contributed by atoms with van der Waals surface area (Å²) >= 11 is 3.46. The zero-order valence-electron chi connectivity index (χ0n) is 12.8. The molecular weight excluding hydrogens is 324 g/mol. The third-order valence-electron chi connectivity index (χ3n) is 6.40. The van der Waals surface area contributed by atoms with Crippen LogP contribution in [0.1, 0.15) is 51.1 Å². The molecule has 4 aliphatic rings. The van der Waals surface area contributed by atoms with E-state index in [1.54, 1.807) is 0 Å². The molecule has 0 spiro atoms. The Morgan fingerprint density at radius 1 is 1.29 bits per heavy atom. The summed E-state index contributed by atoms with van der Waals surface area (Å²) in [5.74, 6) is 1.89. The first-order valence-corrected chi connectivity index (χ1v) is 9.12. The highest BCUT2D eigenvalue weighted by molar-refractivity contribution is 9.10. The highest BCUT2D eigenvalue weighted by Crippen LogP contribution is 2.66. The second kappa shape index (κ2) is 4.79. The molecule has 0 radical (unpaired) electrons. The molecule has 1 heterocycles. The van der Waals surface area contributed by atoms with Gasteiger partial charge >= 0.3 is 0 Å². The lowest BCUT2D eigenvalue weighted by atomic mass is 9.43. The lowest BCUT2D eigenvalue weighted by molar-refractivity contribution is -0.112. The zero-order valence-corrected chi connectivity index (χ0v) is 14.4. The molecule has 4 aliphatic carbocycles. The van der Waals surface area contributed by atoms with Gasteiger partial charge in [0, 0.05) is 28.8 Å². The Kier molecular flexibility index (Phi) is 3.24. The fraction of sp³-hybridized carbons (Fsp3) is 0.722. The van der Waals surface area contributed by atoms with Crippen molar-refractivity contribution >= 4 is 15.9 Å². The lowest BCUT2D eigenvalue weighted by Gasteiger charge is -2.63. The van der Waals surface area contributed by atoms with Crippen LogP contribution in [-0.2, 0) is 6.42 Å². The first-order valence-electron chi connectivity index (χ1n) is 8.32. The maximum Gasteiger partial charge on any atom is 0.0420 e. The van der Waals surface area contributed by atoms with Crippen LogP contribution in [0.4, 0.5) is 0 Å². The van der Waals surface area contributed by atoms with Crippen LogP contribution in [0, 0.1) is 22.7 Å². The summed E-state index contributed by atoms with van der Waals surface area (Å²) in [6.07, 6.45) is 11.3. The Morgan fingerprint density at radius 3 is 2.57 bits per heavy atom. The predicted octanol–water partition coefficient (Wildman–Crippen LogP) is 4.32. The van der Waals surface area contributed by atoms with Crippen LogP contribution < -0.4 is 5.73 Å². The summed E-state index contributed by atoms with van der Waals surface area (Å²) in [5.41, 5.74) is 8.87. The van der Waals surface area contributed by atoms with Gasteiger partial charge in [-0.3, -0.25) is 4.98 Å². The van der Waals surface area contributed by atoms with Gasteiger partial charge in [-0.15, -0.1) is 0 Å². The molecule has 5 rings (SSSR count). The van der Waals surface area contributed by atoms with Gasteiger partial charge in [-0.05, 0) is 89.3 Å². The number of aromatic nitrogens is 1. The summed E-state index contributed by atoms with van der Waals surface area (Å²) in [6, 6.07) is 4.47. The van der Waals surface area contributed by atoms with Crippen LogP contribution in [0.5, 0.6) is 0 Å². The number of halogens is 1. The summed E-state index contributed by atoms with van der Waals surface area (Å²) in [5, 5.41) is 0. The summed E-state index contributed by atoms with van der Waals surface area (Å²) in [7, 11) is 0. The summed E-state index contributed by atoms with van der Waals surface area (Å²) in [4.78, 5) is 4.54. The fourth-order valence-electron chi connectivity index (χ4n) is 6.20. The van der Waals surface area contributed by atoms with E-state index in [0.717, 1.165) is 28.4 Å². The lowest BCUT2D eigenvalue weighted by Crippen LogP contribution is -2.58. The molecule has 0 amide bonds. The molecule has 114 valence electrons. The van der Waals surface area contributed by atoms with Crippen molar-refractivity contribution in [2.24, 2.45) is 28.4 Å². The van der Waals surface area contributed by atoms with Crippen molar-refractivity contribution in [2.45, 2.75) is 57.9 Å². The van der Waals surface area contributed by atoms with Crippen molar-refractivity contribution in [1.29, 1.82) is 0 Å². The van der Waals surface area contributed by atoms with Crippen molar-refractivity contribution in [2.75, 3.05) is 0 Å². The molecular formula is C18H25BrN2. The Labute approximate surface area is 136 Å². The maximum atomic E-state index is 6.75. The number of rotatable bonds is 3. The molecule has 21 heavy (non-hydrogen) atoms. The van der Waals surface area contributed by atoms with Crippen molar-refractivity contribution in [3.63, 3.8) is 0 Å². The Hall–Kier alpha value is -0.410. The monoisotopic (exact) mass is 348 g/mol. The number of nitrogens with zero attached hydrogens (tertiary/aromatic N) is 1. The SMILES string of the molecule is CC12CC3CC(C1)CC(C(N)Cc1ccc(Br)cn1)(C3)C2. The molecule has 3 unspecified atom stereocenters. The van der Waals surface area contributed by atoms with Gasteiger partial charge in [0.05, 0.1) is 0 Å². The van der Waals surface area contributed by atoms with Crippen LogP contribution in [0.2, 0.25) is 0 Å². The van der Waals surface area contributed by atoms with Gasteiger partial charge in [-0.1, -0.05) is 6.92 Å². The van der Waals surface area contributed by atoms with Crippen LogP contribution >= 0.6 is 15.9 Å². The molecule has 0 saturated heterocycles. The zero-order chi connectivity index (χ0) is 14.7. The fourth-order valence-corrected chi connectivity index (χ4v) is 6.44. The Bertz CT molecular complexity index is 525. The molecule has 2 nitrogen and oxygen atoms in total. The van der Waals surface area contributed by atoms with Gasteiger partial charge in [0.25, 0.3) is 0 Å². The van der Waals surface area contributed by atoms with E-state index in [9.17, 15) is 0 Å². The van der Waals surface area contributed by atoms with E-state index in [1.807, 2.05) is 6.20 Å². The van der Waals surface area contributed by atoms with Gasteiger partial charge in [0.15, 0.2) is 0 Å². The van der Waals surface area contributed by atoms with Gasteiger partial charge in [-0.2, -0.15) is 0 Å². The second-order valence-corrected chi connectivity index (χ2v) is 9.33. The molecule has 2 N–H and O–H groups in total. The van der Waals surface area contributed by atoms with Crippen molar-refractivity contribution < 1.29 is 0 Å². The first-order chi connectivity index (χ1) is 9.96. The molecule has 0 aliphatic heterocycles. The Balaban J connectivity index is 1.56. The van der Waals surface area contributed by atoms with Crippen LogP contribution in [0.15, 0.2) is 22.8 Å². The third-order valence-corrected chi connectivity index (χ3v) is 6.87. The van der Waals surface area contributed by atoms with E-state index in [0.29, 0.717) is 10.8 Å². The molecule has 1 aromatic heterocycles. The van der Waals surface area contributed by atoms with E-state index >= 15 is 0 Å². The third kappa shape index (κ3) is 2.46. The van der Waals surface area contributed by atoms with E-state index < -0.39 is 0 Å². The minimum Gasteiger partial charge on any atom is -0.327 e. The minimum atomic E-state index is 0.274. The van der Waals surface area contributed by atoms with Gasteiger partial charge < -0.3 is 5.73 Å². The van der Waals surface area contributed by atoms with Crippen LogP contribution in [0.25, 0.3) is 0 Å². The smallest absolute Gasteiger partial charge is 0.0420 e.